The third-order valence-electron chi connectivity index (χ3n) is 3.73. The van der Waals surface area contributed by atoms with Gasteiger partial charge in [-0.3, -0.25) is 9.59 Å². The summed E-state index contributed by atoms with van der Waals surface area (Å²) in [5.74, 6) is -0.270. The summed E-state index contributed by atoms with van der Waals surface area (Å²) in [6.45, 7) is 1.72. The molecule has 0 atom stereocenters. The van der Waals surface area contributed by atoms with Gasteiger partial charge < -0.3 is 9.73 Å². The fourth-order valence-electron chi connectivity index (χ4n) is 2.58. The molecule has 22 heavy (non-hydrogen) atoms. The number of nitrogens with zero attached hydrogens (tertiary/aromatic N) is 1. The number of hydrazone groups is 1. The number of carbonyl (C=O) groups is 2. The summed E-state index contributed by atoms with van der Waals surface area (Å²) in [7, 11) is 0. The molecule has 120 valence electrons. The normalized spacial score (nSPS) is 16.9. The van der Waals surface area contributed by atoms with Crippen LogP contribution in [0.25, 0.3) is 0 Å². The molecule has 1 aliphatic carbocycles. The highest BCUT2D eigenvalue weighted by atomic mass is 16.3. The van der Waals surface area contributed by atoms with Crippen LogP contribution in [0.3, 0.4) is 0 Å². The van der Waals surface area contributed by atoms with E-state index in [9.17, 15) is 9.59 Å². The Bertz CT molecular complexity index is 515. The standard InChI is InChI=1S/C16H23N3O3/c1-12(18-19-16(21)14-9-6-10-22-14)11-15(20)17-13-7-4-2-3-5-8-13/h6,9-10,13H,2-5,7-8,11H2,1H3,(H,17,20)(H,19,21)/b18-12-. The van der Waals surface area contributed by atoms with Gasteiger partial charge in [0.2, 0.25) is 5.91 Å². The van der Waals surface area contributed by atoms with Crippen molar-refractivity contribution in [2.45, 2.75) is 57.9 Å². The van der Waals surface area contributed by atoms with Crippen molar-refractivity contribution in [3.8, 4) is 0 Å². The number of carbonyl (C=O) groups excluding carboxylic acids is 2. The topological polar surface area (TPSA) is 83.7 Å². The van der Waals surface area contributed by atoms with Gasteiger partial charge >= 0.3 is 5.91 Å². The zero-order chi connectivity index (χ0) is 15.8. The molecule has 0 unspecified atom stereocenters. The Kier molecular flexibility index (Phi) is 6.18. The van der Waals surface area contributed by atoms with E-state index in [1.54, 1.807) is 19.1 Å². The van der Waals surface area contributed by atoms with Crippen LogP contribution in [0.15, 0.2) is 27.9 Å². The van der Waals surface area contributed by atoms with E-state index in [0.717, 1.165) is 12.8 Å². The minimum atomic E-state index is -0.423. The number of hydrogen-bond acceptors (Lipinski definition) is 4. The lowest BCUT2D eigenvalue weighted by atomic mass is 10.1. The van der Waals surface area contributed by atoms with Crippen LogP contribution in [0, 0.1) is 0 Å². The Hall–Kier alpha value is -2.11. The first-order chi connectivity index (χ1) is 10.6. The number of furan rings is 1. The summed E-state index contributed by atoms with van der Waals surface area (Å²) in [4.78, 5) is 23.6. The molecule has 2 amide bonds. The summed E-state index contributed by atoms with van der Waals surface area (Å²) < 4.78 is 4.96. The second-order valence-electron chi connectivity index (χ2n) is 5.70. The van der Waals surface area contributed by atoms with Crippen LogP contribution in [0.1, 0.15) is 62.4 Å². The Morgan fingerprint density at radius 1 is 1.27 bits per heavy atom. The van der Waals surface area contributed by atoms with Crippen molar-refractivity contribution in [1.82, 2.24) is 10.7 Å². The van der Waals surface area contributed by atoms with Crippen molar-refractivity contribution in [3.05, 3.63) is 24.2 Å². The van der Waals surface area contributed by atoms with E-state index >= 15 is 0 Å². The van der Waals surface area contributed by atoms with E-state index < -0.39 is 5.91 Å². The van der Waals surface area contributed by atoms with Gasteiger partial charge in [0.25, 0.3) is 0 Å². The molecule has 1 fully saturated rings. The largest absolute Gasteiger partial charge is 0.459 e. The van der Waals surface area contributed by atoms with E-state index in [1.165, 1.54) is 31.9 Å². The number of rotatable bonds is 5. The predicted octanol–water partition coefficient (Wildman–Crippen LogP) is 2.61. The van der Waals surface area contributed by atoms with Crippen LogP contribution in [0.4, 0.5) is 0 Å². The highest BCUT2D eigenvalue weighted by Gasteiger charge is 2.15. The average Bonchev–Trinajstić information content (AvgIpc) is 2.91. The molecule has 6 nitrogen and oxygen atoms in total. The Morgan fingerprint density at radius 3 is 2.64 bits per heavy atom. The van der Waals surface area contributed by atoms with Crippen LogP contribution in [-0.4, -0.2) is 23.6 Å². The van der Waals surface area contributed by atoms with Gasteiger partial charge in [0.05, 0.1) is 12.7 Å². The Labute approximate surface area is 130 Å². The van der Waals surface area contributed by atoms with Crippen molar-refractivity contribution in [1.29, 1.82) is 0 Å². The molecule has 0 spiro atoms. The van der Waals surface area contributed by atoms with E-state index in [-0.39, 0.29) is 24.1 Å². The molecule has 0 aliphatic heterocycles. The van der Waals surface area contributed by atoms with Crippen molar-refractivity contribution in [2.75, 3.05) is 0 Å². The summed E-state index contributed by atoms with van der Waals surface area (Å²) >= 11 is 0. The SMILES string of the molecule is C/C(CC(=O)NC1CCCCCC1)=N/NC(=O)c1ccco1. The molecule has 2 rings (SSSR count). The van der Waals surface area contributed by atoms with Crippen molar-refractivity contribution >= 4 is 17.5 Å². The van der Waals surface area contributed by atoms with E-state index in [0.29, 0.717) is 5.71 Å². The molecule has 6 heteroatoms. The smallest absolute Gasteiger partial charge is 0.307 e. The molecular formula is C16H23N3O3. The van der Waals surface area contributed by atoms with Gasteiger partial charge in [-0.15, -0.1) is 0 Å². The molecule has 1 aromatic rings. The van der Waals surface area contributed by atoms with Gasteiger partial charge in [-0.2, -0.15) is 5.10 Å². The maximum Gasteiger partial charge on any atom is 0.307 e. The molecule has 2 N–H and O–H groups in total. The van der Waals surface area contributed by atoms with Crippen molar-refractivity contribution in [2.24, 2.45) is 5.10 Å². The lowest BCUT2D eigenvalue weighted by molar-refractivity contribution is -0.120. The van der Waals surface area contributed by atoms with E-state index in [1.807, 2.05) is 0 Å². The molecular weight excluding hydrogens is 282 g/mol. The maximum atomic E-state index is 12.0. The second kappa shape index (κ2) is 8.36. The zero-order valence-electron chi connectivity index (χ0n) is 12.9. The molecule has 0 bridgehead atoms. The summed E-state index contributed by atoms with van der Waals surface area (Å²) in [5, 5.41) is 6.98. The summed E-state index contributed by atoms with van der Waals surface area (Å²) in [5.41, 5.74) is 2.94. The third-order valence-corrected chi connectivity index (χ3v) is 3.73. The quantitative estimate of drug-likeness (QED) is 0.498. The highest BCUT2D eigenvalue weighted by molar-refractivity contribution is 6.00. The molecule has 1 aromatic heterocycles. The third kappa shape index (κ3) is 5.35. The molecule has 0 saturated heterocycles. The predicted molar refractivity (Wildman–Crippen MR) is 83.5 cm³/mol. The van der Waals surface area contributed by atoms with E-state index in [2.05, 4.69) is 15.8 Å². The highest BCUT2D eigenvalue weighted by Crippen LogP contribution is 2.17. The van der Waals surface area contributed by atoms with Crippen LogP contribution >= 0.6 is 0 Å². The summed E-state index contributed by atoms with van der Waals surface area (Å²) in [6, 6.07) is 3.46. The minimum absolute atomic E-state index is 0.0413. The number of nitrogens with one attached hydrogen (secondary N) is 2. The number of amides is 2. The first-order valence-electron chi connectivity index (χ1n) is 7.81. The lowest BCUT2D eigenvalue weighted by Crippen LogP contribution is -2.35. The fraction of sp³-hybridized carbons (Fsp3) is 0.562. The first kappa shape index (κ1) is 16.3. The molecule has 1 heterocycles. The monoisotopic (exact) mass is 305 g/mol. The maximum absolute atomic E-state index is 12.0. The van der Waals surface area contributed by atoms with Crippen LogP contribution in [0.2, 0.25) is 0 Å². The van der Waals surface area contributed by atoms with Gasteiger partial charge in [-0.05, 0) is 31.9 Å². The first-order valence-corrected chi connectivity index (χ1v) is 7.81. The number of hydrogen-bond donors (Lipinski definition) is 2. The van der Waals surface area contributed by atoms with Gasteiger partial charge in [0, 0.05) is 11.8 Å². The van der Waals surface area contributed by atoms with Crippen LogP contribution < -0.4 is 10.7 Å². The van der Waals surface area contributed by atoms with Gasteiger partial charge in [0.1, 0.15) is 0 Å². The lowest BCUT2D eigenvalue weighted by Gasteiger charge is -2.16. The van der Waals surface area contributed by atoms with Crippen LogP contribution in [-0.2, 0) is 4.79 Å². The van der Waals surface area contributed by atoms with Crippen LogP contribution in [0.5, 0.6) is 0 Å². The minimum Gasteiger partial charge on any atom is -0.459 e. The van der Waals surface area contributed by atoms with Crippen molar-refractivity contribution < 1.29 is 14.0 Å². The van der Waals surface area contributed by atoms with Gasteiger partial charge in [-0.1, -0.05) is 25.7 Å². The summed E-state index contributed by atoms with van der Waals surface area (Å²) in [6.07, 6.45) is 8.58. The zero-order valence-corrected chi connectivity index (χ0v) is 12.9. The Morgan fingerprint density at radius 2 is 2.00 bits per heavy atom. The average molecular weight is 305 g/mol. The molecule has 1 saturated carbocycles. The molecule has 0 radical (unpaired) electrons. The van der Waals surface area contributed by atoms with Gasteiger partial charge in [0.15, 0.2) is 5.76 Å². The fourth-order valence-corrected chi connectivity index (χ4v) is 2.58. The van der Waals surface area contributed by atoms with E-state index in [4.69, 9.17) is 4.42 Å². The molecule has 0 aromatic carbocycles. The van der Waals surface area contributed by atoms with Crippen molar-refractivity contribution in [3.63, 3.8) is 0 Å². The second-order valence-corrected chi connectivity index (χ2v) is 5.70. The van der Waals surface area contributed by atoms with Gasteiger partial charge in [-0.25, -0.2) is 5.43 Å². The molecule has 1 aliphatic rings. The Balaban J connectivity index is 1.75.